The molecule has 4 radical (unpaired) electrons. The molecule has 0 aliphatic carbocycles. The van der Waals surface area contributed by atoms with E-state index in [2.05, 4.69) is 85.5 Å². The Hall–Kier alpha value is 1.56. The highest BCUT2D eigenvalue weighted by atomic mass is 27.1. The molecule has 0 aromatic carbocycles. The van der Waals surface area contributed by atoms with Gasteiger partial charge in [-0.15, -0.1) is 10.6 Å². The fourth-order valence-electron chi connectivity index (χ4n) is 2.98. The Bertz CT molecular complexity index is 276. The maximum Gasteiger partial charge on any atom is 0.423 e. The fourth-order valence-corrected chi connectivity index (χ4v) is 6.08. The van der Waals surface area contributed by atoms with Crippen molar-refractivity contribution in [3.63, 3.8) is 0 Å². The summed E-state index contributed by atoms with van der Waals surface area (Å²) in [7, 11) is 0. The van der Waals surface area contributed by atoms with E-state index < -0.39 is 0 Å². The number of hydrogen-bond donors (Lipinski definition) is 0. The van der Waals surface area contributed by atoms with Gasteiger partial charge in [-0.25, -0.2) is 0 Å². The van der Waals surface area contributed by atoms with Crippen LogP contribution in [-0.4, -0.2) is 52.7 Å². The lowest BCUT2D eigenvalue weighted by Crippen LogP contribution is -2.38. The van der Waals surface area contributed by atoms with Gasteiger partial charge in [0.2, 0.25) is 15.2 Å². The molecule has 0 aromatic rings. The van der Waals surface area contributed by atoms with E-state index in [-0.39, 0.29) is 21.2 Å². The van der Waals surface area contributed by atoms with E-state index in [0.29, 0.717) is 15.2 Å². The maximum atomic E-state index is 6.65. The van der Waals surface area contributed by atoms with Crippen molar-refractivity contribution in [1.82, 2.24) is 0 Å². The van der Waals surface area contributed by atoms with E-state index in [0.717, 1.165) is 29.6 Å². The van der Waals surface area contributed by atoms with Crippen LogP contribution >= 0.6 is 0 Å². The van der Waals surface area contributed by atoms with Crippen LogP contribution in [0.25, 0.3) is 0 Å². The molecule has 150 valence electrons. The monoisotopic (exact) mass is 408 g/mol. The number of rotatable bonds is 13. The van der Waals surface area contributed by atoms with Crippen molar-refractivity contribution < 1.29 is 3.79 Å². The third-order valence-corrected chi connectivity index (χ3v) is 9.14. The first-order valence-corrected chi connectivity index (χ1v) is 14.7. The first-order valence-electron chi connectivity index (χ1n) is 10.9. The largest absolute Gasteiger partial charge is 0.503 e. The Morgan fingerprint density at radius 2 is 1.12 bits per heavy atom. The van der Waals surface area contributed by atoms with Crippen molar-refractivity contribution in [3.8, 4) is 0 Å². The highest BCUT2D eigenvalue weighted by molar-refractivity contribution is 6.36. The van der Waals surface area contributed by atoms with Gasteiger partial charge >= 0.3 is 15.6 Å². The van der Waals surface area contributed by atoms with Crippen LogP contribution in [0.1, 0.15) is 82.1 Å². The van der Waals surface area contributed by atoms with Gasteiger partial charge in [0.25, 0.3) is 0 Å². The van der Waals surface area contributed by atoms with Gasteiger partial charge in [0.05, 0.1) is 0 Å². The summed E-state index contributed by atoms with van der Waals surface area (Å²) in [5.41, 5.74) is 0.191. The number of hydrogen-bond acceptors (Lipinski definition) is 1. The molecule has 4 heteroatoms. The molecule has 26 heavy (non-hydrogen) atoms. The highest BCUT2D eigenvalue weighted by Gasteiger charge is 2.31. The zero-order valence-corrected chi connectivity index (χ0v) is 23.2. The third-order valence-electron chi connectivity index (χ3n) is 4.09. The van der Waals surface area contributed by atoms with Crippen molar-refractivity contribution in [3.05, 3.63) is 0 Å². The fraction of sp³-hybridized carbons (Fsp3) is 1.00. The molecule has 0 aliphatic heterocycles. The second-order valence-corrected chi connectivity index (χ2v) is 13.0. The van der Waals surface area contributed by atoms with E-state index in [1.54, 1.807) is 0 Å². The van der Waals surface area contributed by atoms with Crippen LogP contribution in [-0.2, 0) is 3.79 Å². The summed E-state index contributed by atoms with van der Waals surface area (Å²) in [5, 5.41) is 5.25. The van der Waals surface area contributed by atoms with Gasteiger partial charge in [0.15, 0.2) is 0 Å². The summed E-state index contributed by atoms with van der Waals surface area (Å²) in [6, 6.07) is 0. The van der Waals surface area contributed by atoms with Gasteiger partial charge in [-0.1, -0.05) is 97.6 Å². The van der Waals surface area contributed by atoms with Crippen LogP contribution in [0.15, 0.2) is 0 Å². The van der Waals surface area contributed by atoms with Crippen LogP contribution in [0.5, 0.6) is 0 Å². The summed E-state index contributed by atoms with van der Waals surface area (Å²) < 4.78 is 6.65. The molecule has 0 unspecified atom stereocenters. The average Bonchev–Trinajstić information content (AvgIpc) is 2.45. The summed E-state index contributed by atoms with van der Waals surface area (Å²) in [4.78, 5) is 0. The van der Waals surface area contributed by atoms with Gasteiger partial charge in [0, 0.05) is 5.60 Å². The lowest BCUT2D eigenvalue weighted by atomic mass is 9.86. The Labute approximate surface area is 188 Å². The van der Waals surface area contributed by atoms with Gasteiger partial charge < -0.3 is 3.79 Å². The molecule has 0 spiro atoms. The SMILES string of the molecule is CC(C)[CH2][Al].CC(C)[CH2][Al][CH2]C(CC(C)C)(CC(C)C)[O][Al][CH2]C(C)C. The molecule has 0 saturated heterocycles. The van der Waals surface area contributed by atoms with Crippen LogP contribution in [0, 0.1) is 29.6 Å². The Morgan fingerprint density at radius 3 is 1.42 bits per heavy atom. The lowest BCUT2D eigenvalue weighted by Gasteiger charge is -2.39. The molecule has 0 rings (SSSR count). The van der Waals surface area contributed by atoms with Crippen molar-refractivity contribution in [2.75, 3.05) is 0 Å². The zero-order chi connectivity index (χ0) is 20.8. The Balaban J connectivity index is 0. The molecule has 0 atom stereocenters. The van der Waals surface area contributed by atoms with Crippen molar-refractivity contribution in [2.45, 2.75) is 109 Å². The third kappa shape index (κ3) is 20.3. The zero-order valence-electron chi connectivity index (χ0n) is 19.8. The molecule has 0 saturated carbocycles. The summed E-state index contributed by atoms with van der Waals surface area (Å²) in [6.45, 7) is 23.2. The molecule has 1 nitrogen and oxygen atoms in total. The average molecular weight is 409 g/mol. The second kappa shape index (κ2) is 17.4. The minimum absolute atomic E-state index is 0.161. The van der Waals surface area contributed by atoms with Crippen molar-refractivity contribution >= 4 is 47.1 Å². The van der Waals surface area contributed by atoms with Gasteiger partial charge in [-0.05, 0) is 24.7 Å². The second-order valence-electron chi connectivity index (χ2n) is 10.0. The molecule has 0 fully saturated rings. The first-order chi connectivity index (χ1) is 11.9. The van der Waals surface area contributed by atoms with Gasteiger partial charge in [-0.2, -0.15) is 0 Å². The molecule has 0 amide bonds. The van der Waals surface area contributed by atoms with Crippen molar-refractivity contribution in [2.24, 2.45) is 29.6 Å². The standard InChI is InChI=1S/C10H20O.3C4H9.3Al/c1-8(2)6-10(5,11)7-9(3)4;3*1-4(2)3;;;/h8-9H,5-7H2,1-4H3;3*4H,1H2,2-3H3;;;/q-1;;;;;;+1. The Kier molecular flexibility index (Phi) is 19.9. The molecule has 0 aromatic heterocycles. The summed E-state index contributed by atoms with van der Waals surface area (Å²) in [6.07, 6.45) is 2.50. The summed E-state index contributed by atoms with van der Waals surface area (Å²) >= 11 is 3.39. The predicted molar refractivity (Wildman–Crippen MR) is 124 cm³/mol. The van der Waals surface area contributed by atoms with E-state index >= 15 is 0 Å². The van der Waals surface area contributed by atoms with E-state index in [4.69, 9.17) is 3.79 Å². The molecule has 0 N–H and O–H groups in total. The van der Waals surface area contributed by atoms with Crippen LogP contribution in [0.3, 0.4) is 0 Å². The summed E-state index contributed by atoms with van der Waals surface area (Å²) in [5.74, 6) is 3.94. The minimum atomic E-state index is 0.161. The van der Waals surface area contributed by atoms with Crippen LogP contribution < -0.4 is 0 Å². The van der Waals surface area contributed by atoms with Gasteiger partial charge in [-0.3, -0.25) is 0 Å². The van der Waals surface area contributed by atoms with Crippen LogP contribution in [0.2, 0.25) is 21.1 Å². The molecule has 0 heterocycles. The molecular weight excluding hydrogens is 361 g/mol. The quantitative estimate of drug-likeness (QED) is 0.300. The van der Waals surface area contributed by atoms with Gasteiger partial charge in [0.1, 0.15) is 16.3 Å². The molecule has 0 aliphatic rings. The van der Waals surface area contributed by atoms with Crippen molar-refractivity contribution in [1.29, 1.82) is 0 Å². The minimum Gasteiger partial charge on any atom is -0.503 e. The first kappa shape index (κ1) is 29.8. The Morgan fingerprint density at radius 1 is 0.692 bits per heavy atom. The van der Waals surface area contributed by atoms with E-state index in [1.165, 1.54) is 34.0 Å². The topological polar surface area (TPSA) is 9.23 Å². The smallest absolute Gasteiger partial charge is 0.423 e. The van der Waals surface area contributed by atoms with E-state index in [9.17, 15) is 0 Å². The lowest BCUT2D eigenvalue weighted by molar-refractivity contribution is 0.0473. The molecular formula is C22H47Al3O. The van der Waals surface area contributed by atoms with Crippen LogP contribution in [0.4, 0.5) is 0 Å². The normalized spacial score (nSPS) is 12.1. The molecule has 0 bridgehead atoms. The maximum absolute atomic E-state index is 6.65. The van der Waals surface area contributed by atoms with E-state index in [1.807, 2.05) is 0 Å². The highest BCUT2D eigenvalue weighted by Crippen LogP contribution is 2.33. The predicted octanol–water partition coefficient (Wildman–Crippen LogP) is 6.95.